The molecule has 2 aromatic rings. The van der Waals surface area contributed by atoms with Crippen LogP contribution in [0, 0.1) is 12.8 Å². The fourth-order valence-electron chi connectivity index (χ4n) is 4.29. The monoisotopic (exact) mass is 414 g/mol. The zero-order valence-electron chi connectivity index (χ0n) is 17.9. The number of hydrogen-bond acceptors (Lipinski definition) is 5. The summed E-state index contributed by atoms with van der Waals surface area (Å²) < 4.78 is 7.33. The standard InChI is InChI=1S/C21H30N6O3/c1-11(2)23-21(29)30-14-6-5-13(7-14)18-9-19(26-25-18)24-20(28)16-8-15(16)17-10-22-27(4)12(17)3/h9-11,13-16H,5-8H2,1-4H3,(H,23,29)(H2,24,25,26,28)/t13-,14+,15-,16-/m0/s1. The predicted octanol–water partition coefficient (Wildman–Crippen LogP) is 2.96. The van der Waals surface area contributed by atoms with Gasteiger partial charge in [0.05, 0.1) is 6.20 Å². The van der Waals surface area contributed by atoms with Crippen molar-refractivity contribution in [1.29, 1.82) is 0 Å². The molecule has 0 radical (unpaired) electrons. The van der Waals surface area contributed by atoms with Crippen LogP contribution in [0.5, 0.6) is 0 Å². The average molecular weight is 415 g/mol. The molecule has 9 heteroatoms. The minimum atomic E-state index is -0.365. The van der Waals surface area contributed by atoms with Gasteiger partial charge < -0.3 is 15.4 Å². The van der Waals surface area contributed by atoms with Crippen molar-refractivity contribution < 1.29 is 14.3 Å². The third-order valence-corrected chi connectivity index (χ3v) is 6.15. The molecule has 0 bridgehead atoms. The number of carbonyl (C=O) groups is 2. The molecule has 0 aromatic carbocycles. The van der Waals surface area contributed by atoms with E-state index in [1.165, 1.54) is 0 Å². The largest absolute Gasteiger partial charge is 0.446 e. The van der Waals surface area contributed by atoms with Crippen molar-refractivity contribution in [2.75, 3.05) is 5.32 Å². The van der Waals surface area contributed by atoms with Gasteiger partial charge in [-0.15, -0.1) is 0 Å². The number of hydrogen-bond donors (Lipinski definition) is 3. The summed E-state index contributed by atoms with van der Waals surface area (Å²) in [6, 6.07) is 1.95. The van der Waals surface area contributed by atoms with E-state index in [1.54, 1.807) is 0 Å². The Hall–Kier alpha value is -2.84. The summed E-state index contributed by atoms with van der Waals surface area (Å²) in [5.74, 6) is 0.995. The van der Waals surface area contributed by atoms with E-state index in [1.807, 2.05) is 44.8 Å². The summed E-state index contributed by atoms with van der Waals surface area (Å²) >= 11 is 0. The number of amides is 2. The summed E-state index contributed by atoms with van der Waals surface area (Å²) in [7, 11) is 1.91. The molecule has 2 aromatic heterocycles. The highest BCUT2D eigenvalue weighted by atomic mass is 16.6. The number of ether oxygens (including phenoxy) is 1. The van der Waals surface area contributed by atoms with Gasteiger partial charge in [0, 0.05) is 42.4 Å². The highest BCUT2D eigenvalue weighted by molar-refractivity contribution is 5.94. The molecule has 4 atom stereocenters. The SMILES string of the molecule is Cc1c([C@H]2C[C@@H]2C(=O)Nc2cc([C@H]3CC[C@@H](OC(=O)NC(C)C)C3)[nH]n2)cnn1C. The molecule has 2 saturated carbocycles. The Morgan fingerprint density at radius 1 is 1.30 bits per heavy atom. The summed E-state index contributed by atoms with van der Waals surface area (Å²) in [6.45, 7) is 5.84. The van der Waals surface area contributed by atoms with Crippen LogP contribution in [0.3, 0.4) is 0 Å². The topological polar surface area (TPSA) is 114 Å². The third kappa shape index (κ3) is 4.34. The molecule has 162 valence electrons. The second kappa shape index (κ2) is 8.12. The highest BCUT2D eigenvalue weighted by Gasteiger charge is 2.45. The maximum atomic E-state index is 12.6. The van der Waals surface area contributed by atoms with Crippen LogP contribution in [0.1, 0.15) is 68.3 Å². The van der Waals surface area contributed by atoms with E-state index in [0.717, 1.165) is 42.6 Å². The minimum absolute atomic E-state index is 0.000656. The molecule has 0 saturated heterocycles. The molecule has 2 heterocycles. The molecule has 4 rings (SSSR count). The van der Waals surface area contributed by atoms with Crippen molar-refractivity contribution in [3.05, 3.63) is 29.2 Å². The van der Waals surface area contributed by atoms with Crippen molar-refractivity contribution in [3.63, 3.8) is 0 Å². The molecule has 0 spiro atoms. The zero-order valence-corrected chi connectivity index (χ0v) is 17.9. The lowest BCUT2D eigenvalue weighted by atomic mass is 10.0. The average Bonchev–Trinajstić information content (AvgIpc) is 2.97. The minimum Gasteiger partial charge on any atom is -0.446 e. The van der Waals surface area contributed by atoms with Gasteiger partial charge >= 0.3 is 6.09 Å². The van der Waals surface area contributed by atoms with E-state index in [9.17, 15) is 9.59 Å². The molecule has 2 aliphatic carbocycles. The van der Waals surface area contributed by atoms with E-state index in [-0.39, 0.29) is 41.9 Å². The second-order valence-corrected chi connectivity index (χ2v) is 8.79. The summed E-state index contributed by atoms with van der Waals surface area (Å²) in [5.41, 5.74) is 3.23. The van der Waals surface area contributed by atoms with Crippen LogP contribution in [0.2, 0.25) is 0 Å². The Bertz CT molecular complexity index is 933. The first kappa shape index (κ1) is 20.4. The lowest BCUT2D eigenvalue weighted by molar-refractivity contribution is -0.117. The molecule has 2 aliphatic rings. The van der Waals surface area contributed by atoms with Gasteiger partial charge in [0.25, 0.3) is 0 Å². The number of aromatic nitrogens is 4. The number of H-pyrrole nitrogens is 1. The highest BCUT2D eigenvalue weighted by Crippen LogP contribution is 2.49. The van der Waals surface area contributed by atoms with Crippen LogP contribution >= 0.6 is 0 Å². The van der Waals surface area contributed by atoms with Crippen LogP contribution in [-0.4, -0.2) is 44.1 Å². The molecular weight excluding hydrogens is 384 g/mol. The van der Waals surface area contributed by atoms with Crippen molar-refractivity contribution in [2.45, 2.75) is 70.4 Å². The number of anilines is 1. The molecule has 0 unspecified atom stereocenters. The number of aryl methyl sites for hydroxylation is 1. The number of alkyl carbamates (subject to hydrolysis) is 1. The van der Waals surface area contributed by atoms with Gasteiger partial charge in [-0.1, -0.05) is 0 Å². The molecule has 9 nitrogen and oxygen atoms in total. The summed E-state index contributed by atoms with van der Waals surface area (Å²) in [4.78, 5) is 24.4. The number of aromatic amines is 1. The molecule has 30 heavy (non-hydrogen) atoms. The number of carbonyl (C=O) groups excluding carboxylic acids is 2. The quantitative estimate of drug-likeness (QED) is 0.672. The van der Waals surface area contributed by atoms with E-state index >= 15 is 0 Å². The zero-order chi connectivity index (χ0) is 21.4. The fraction of sp³-hybridized carbons (Fsp3) is 0.619. The maximum absolute atomic E-state index is 12.6. The van der Waals surface area contributed by atoms with Gasteiger partial charge in [-0.2, -0.15) is 10.2 Å². The van der Waals surface area contributed by atoms with Crippen molar-refractivity contribution in [1.82, 2.24) is 25.3 Å². The van der Waals surface area contributed by atoms with E-state index in [0.29, 0.717) is 5.82 Å². The second-order valence-electron chi connectivity index (χ2n) is 8.79. The van der Waals surface area contributed by atoms with Gasteiger partial charge in [0.15, 0.2) is 5.82 Å². The first-order valence-corrected chi connectivity index (χ1v) is 10.6. The number of nitrogens with one attached hydrogen (secondary N) is 3. The summed E-state index contributed by atoms with van der Waals surface area (Å²) in [5, 5.41) is 17.3. The molecule has 3 N–H and O–H groups in total. The van der Waals surface area contributed by atoms with Crippen LogP contribution in [0.15, 0.2) is 12.3 Å². The summed E-state index contributed by atoms with van der Waals surface area (Å²) in [6.07, 6.45) is 4.74. The van der Waals surface area contributed by atoms with Gasteiger partial charge in [-0.3, -0.25) is 14.6 Å². The van der Waals surface area contributed by atoms with Gasteiger partial charge in [-0.25, -0.2) is 4.79 Å². The Morgan fingerprint density at radius 2 is 2.10 bits per heavy atom. The lowest BCUT2D eigenvalue weighted by Crippen LogP contribution is -2.33. The van der Waals surface area contributed by atoms with E-state index < -0.39 is 0 Å². The van der Waals surface area contributed by atoms with Crippen LogP contribution < -0.4 is 10.6 Å². The Balaban J connectivity index is 1.28. The van der Waals surface area contributed by atoms with E-state index in [4.69, 9.17) is 4.74 Å². The first-order chi connectivity index (χ1) is 14.3. The lowest BCUT2D eigenvalue weighted by Gasteiger charge is -2.14. The smallest absolute Gasteiger partial charge is 0.407 e. The Morgan fingerprint density at radius 3 is 2.80 bits per heavy atom. The Kier molecular flexibility index (Phi) is 5.53. The van der Waals surface area contributed by atoms with Crippen LogP contribution in [0.25, 0.3) is 0 Å². The van der Waals surface area contributed by atoms with Crippen molar-refractivity contribution in [3.8, 4) is 0 Å². The first-order valence-electron chi connectivity index (χ1n) is 10.6. The molecule has 0 aliphatic heterocycles. The number of rotatable bonds is 6. The molecule has 2 amide bonds. The fourth-order valence-corrected chi connectivity index (χ4v) is 4.29. The third-order valence-electron chi connectivity index (χ3n) is 6.15. The van der Waals surface area contributed by atoms with Crippen molar-refractivity contribution in [2.24, 2.45) is 13.0 Å². The van der Waals surface area contributed by atoms with E-state index in [2.05, 4.69) is 25.9 Å². The van der Waals surface area contributed by atoms with Gasteiger partial charge in [0.2, 0.25) is 5.91 Å². The predicted molar refractivity (Wildman–Crippen MR) is 111 cm³/mol. The van der Waals surface area contributed by atoms with Crippen LogP contribution in [-0.2, 0) is 16.6 Å². The van der Waals surface area contributed by atoms with Gasteiger partial charge in [-0.05, 0) is 57.9 Å². The molecular formula is C21H30N6O3. The number of nitrogens with zero attached hydrogens (tertiary/aromatic N) is 3. The normalized spacial score (nSPS) is 25.4. The van der Waals surface area contributed by atoms with Crippen LogP contribution in [0.4, 0.5) is 10.6 Å². The Labute approximate surface area is 175 Å². The van der Waals surface area contributed by atoms with Gasteiger partial charge in [0.1, 0.15) is 6.10 Å². The van der Waals surface area contributed by atoms with Crippen molar-refractivity contribution >= 4 is 17.8 Å². The molecule has 2 fully saturated rings. The maximum Gasteiger partial charge on any atom is 0.407 e.